The number of nitrogens with two attached hydrogens (primary N) is 2. The van der Waals surface area contributed by atoms with E-state index in [0.29, 0.717) is 24.2 Å². The van der Waals surface area contributed by atoms with Crippen LogP contribution < -0.4 is 16.8 Å². The van der Waals surface area contributed by atoms with Gasteiger partial charge in [0.05, 0.1) is 23.5 Å². The topological polar surface area (TPSA) is 155 Å². The Balaban J connectivity index is 1.87. The Morgan fingerprint density at radius 3 is 2.73 bits per heavy atom. The van der Waals surface area contributed by atoms with E-state index in [1.165, 1.54) is 29.6 Å². The van der Waals surface area contributed by atoms with Crippen molar-refractivity contribution in [3.63, 3.8) is 0 Å². The van der Waals surface area contributed by atoms with E-state index in [0.717, 1.165) is 12.0 Å². The first kappa shape index (κ1) is 21.0. The van der Waals surface area contributed by atoms with Crippen LogP contribution in [0.1, 0.15) is 47.3 Å². The minimum absolute atomic E-state index is 0.125. The van der Waals surface area contributed by atoms with Gasteiger partial charge in [-0.15, -0.1) is 0 Å². The molecule has 30 heavy (non-hydrogen) atoms. The zero-order valence-corrected chi connectivity index (χ0v) is 16.6. The normalized spacial score (nSPS) is 18.5. The van der Waals surface area contributed by atoms with E-state index in [-0.39, 0.29) is 23.2 Å². The average Bonchev–Trinajstić information content (AvgIpc) is 2.73. The second-order valence-corrected chi connectivity index (χ2v) is 7.43. The fraction of sp³-hybridized carbons (Fsp3) is 0.286. The number of nitrogen functional groups attached to an aromatic ring is 1. The Morgan fingerprint density at radius 1 is 1.27 bits per heavy atom. The van der Waals surface area contributed by atoms with Gasteiger partial charge in [-0.25, -0.2) is 0 Å². The van der Waals surface area contributed by atoms with E-state index < -0.39 is 17.7 Å². The summed E-state index contributed by atoms with van der Waals surface area (Å²) in [4.78, 5) is 42.4. The maximum atomic E-state index is 13.0. The number of primary amides is 1. The molecule has 1 aliphatic heterocycles. The van der Waals surface area contributed by atoms with Crippen LogP contribution in [-0.4, -0.2) is 40.4 Å². The smallest absolute Gasteiger partial charge is 0.313 e. The monoisotopic (exact) mass is 408 g/mol. The lowest BCUT2D eigenvalue weighted by Gasteiger charge is -2.39. The summed E-state index contributed by atoms with van der Waals surface area (Å²) < 4.78 is 0. The van der Waals surface area contributed by atoms with Crippen LogP contribution in [0.5, 0.6) is 0 Å². The van der Waals surface area contributed by atoms with Crippen LogP contribution >= 0.6 is 0 Å². The third kappa shape index (κ3) is 4.29. The first-order valence-corrected chi connectivity index (χ1v) is 9.57. The van der Waals surface area contributed by atoms with Crippen LogP contribution in [0.15, 0.2) is 36.7 Å². The SMILES string of the molecule is C[C@@H]1CC[C@@H](c2cccc(N)c2C=N)N(C(=O)C(=O)Nc2cncc(C(N)=O)c2)C1. The fourth-order valence-corrected chi connectivity index (χ4v) is 3.72. The number of carbonyl (C=O) groups is 3. The third-order valence-corrected chi connectivity index (χ3v) is 5.23. The molecule has 1 aromatic heterocycles. The Kier molecular flexibility index (Phi) is 6.10. The third-order valence-electron chi connectivity index (χ3n) is 5.23. The number of carbonyl (C=O) groups excluding carboxylic acids is 3. The molecule has 6 N–H and O–H groups in total. The summed E-state index contributed by atoms with van der Waals surface area (Å²) in [6.07, 6.45) is 5.32. The summed E-state index contributed by atoms with van der Waals surface area (Å²) in [6, 6.07) is 6.30. The Morgan fingerprint density at radius 2 is 2.03 bits per heavy atom. The van der Waals surface area contributed by atoms with Gasteiger partial charge in [0, 0.05) is 30.2 Å². The summed E-state index contributed by atoms with van der Waals surface area (Å²) in [5.41, 5.74) is 13.3. The number of aromatic nitrogens is 1. The minimum Gasteiger partial charge on any atom is -0.398 e. The minimum atomic E-state index is -0.835. The fourth-order valence-electron chi connectivity index (χ4n) is 3.72. The van der Waals surface area contributed by atoms with Gasteiger partial charge in [-0.2, -0.15) is 0 Å². The highest BCUT2D eigenvalue weighted by atomic mass is 16.2. The molecule has 0 radical (unpaired) electrons. The molecule has 0 bridgehead atoms. The van der Waals surface area contributed by atoms with E-state index in [9.17, 15) is 14.4 Å². The van der Waals surface area contributed by atoms with Crippen LogP contribution in [0.25, 0.3) is 0 Å². The Labute approximate surface area is 174 Å². The van der Waals surface area contributed by atoms with Crippen molar-refractivity contribution in [1.82, 2.24) is 9.88 Å². The van der Waals surface area contributed by atoms with Crippen LogP contribution in [-0.2, 0) is 9.59 Å². The molecule has 1 fully saturated rings. The largest absolute Gasteiger partial charge is 0.398 e. The van der Waals surface area contributed by atoms with Gasteiger partial charge >= 0.3 is 11.8 Å². The van der Waals surface area contributed by atoms with Gasteiger partial charge in [0.15, 0.2) is 0 Å². The van der Waals surface area contributed by atoms with Crippen molar-refractivity contribution in [1.29, 1.82) is 5.41 Å². The maximum absolute atomic E-state index is 13.0. The molecule has 1 saturated heterocycles. The predicted octanol–water partition coefficient (Wildman–Crippen LogP) is 1.70. The molecule has 2 atom stereocenters. The number of nitrogens with one attached hydrogen (secondary N) is 2. The Hall–Kier alpha value is -3.75. The molecule has 0 unspecified atom stereocenters. The molecule has 9 nitrogen and oxygen atoms in total. The summed E-state index contributed by atoms with van der Waals surface area (Å²) in [6.45, 7) is 2.42. The number of nitrogens with zero attached hydrogens (tertiary/aromatic N) is 2. The molecule has 9 heteroatoms. The van der Waals surface area contributed by atoms with Crippen molar-refractivity contribution in [3.8, 4) is 0 Å². The van der Waals surface area contributed by atoms with Crippen LogP contribution in [0.2, 0.25) is 0 Å². The molecule has 2 heterocycles. The quantitative estimate of drug-likeness (QED) is 0.344. The van der Waals surface area contributed by atoms with Gasteiger partial charge in [-0.05, 0) is 36.5 Å². The highest BCUT2D eigenvalue weighted by Gasteiger charge is 2.35. The number of hydrogen-bond acceptors (Lipinski definition) is 6. The number of amides is 3. The average molecular weight is 408 g/mol. The Bertz CT molecular complexity index is 1010. The van der Waals surface area contributed by atoms with Crippen molar-refractivity contribution in [2.45, 2.75) is 25.8 Å². The molecule has 0 saturated carbocycles. The standard InChI is InChI=1S/C21H24N6O3/c1-12-5-6-18(15-3-2-4-17(23)16(15)8-22)27(11-12)21(30)20(29)26-14-7-13(19(24)28)9-25-10-14/h2-4,7-10,12,18,22H,5-6,11,23H2,1H3,(H2,24,28)(H,26,29)/t12-,18+/m1/s1. The number of benzene rings is 1. The summed E-state index contributed by atoms with van der Waals surface area (Å²) in [5.74, 6) is -2.00. The highest BCUT2D eigenvalue weighted by molar-refractivity contribution is 6.39. The number of pyridine rings is 1. The summed E-state index contributed by atoms with van der Waals surface area (Å²) in [7, 11) is 0. The summed E-state index contributed by atoms with van der Waals surface area (Å²) in [5, 5.41) is 10.2. The van der Waals surface area contributed by atoms with Crippen LogP contribution in [0.4, 0.5) is 11.4 Å². The van der Waals surface area contributed by atoms with Crippen molar-refractivity contribution in [2.75, 3.05) is 17.6 Å². The number of rotatable bonds is 4. The highest BCUT2D eigenvalue weighted by Crippen LogP contribution is 2.36. The molecular weight excluding hydrogens is 384 g/mol. The molecule has 1 aromatic carbocycles. The lowest BCUT2D eigenvalue weighted by Crippen LogP contribution is -2.46. The molecule has 2 aromatic rings. The molecule has 0 aliphatic carbocycles. The maximum Gasteiger partial charge on any atom is 0.313 e. The van der Waals surface area contributed by atoms with Gasteiger partial charge < -0.3 is 27.1 Å². The van der Waals surface area contributed by atoms with Crippen LogP contribution in [0.3, 0.4) is 0 Å². The molecule has 1 aliphatic rings. The second kappa shape index (κ2) is 8.73. The van der Waals surface area contributed by atoms with Gasteiger partial charge in [0.2, 0.25) is 5.91 Å². The lowest BCUT2D eigenvalue weighted by molar-refractivity contribution is -0.146. The first-order valence-electron chi connectivity index (χ1n) is 9.57. The molecule has 0 spiro atoms. The number of piperidine rings is 1. The van der Waals surface area contributed by atoms with E-state index in [1.54, 1.807) is 12.1 Å². The molecule has 3 rings (SSSR count). The van der Waals surface area contributed by atoms with Gasteiger partial charge in [-0.3, -0.25) is 19.4 Å². The van der Waals surface area contributed by atoms with Crippen LogP contribution in [0, 0.1) is 11.3 Å². The van der Waals surface area contributed by atoms with Gasteiger partial charge in [0.25, 0.3) is 0 Å². The number of anilines is 2. The second-order valence-electron chi connectivity index (χ2n) is 7.43. The van der Waals surface area contributed by atoms with Gasteiger partial charge in [0.1, 0.15) is 0 Å². The van der Waals surface area contributed by atoms with Crippen molar-refractivity contribution in [2.24, 2.45) is 11.7 Å². The zero-order valence-electron chi connectivity index (χ0n) is 16.6. The molecule has 156 valence electrons. The van der Waals surface area contributed by atoms with Crippen molar-refractivity contribution in [3.05, 3.63) is 53.3 Å². The first-order chi connectivity index (χ1) is 14.3. The van der Waals surface area contributed by atoms with Crippen molar-refractivity contribution < 1.29 is 14.4 Å². The van der Waals surface area contributed by atoms with E-state index in [1.807, 2.05) is 13.0 Å². The molecular formula is C21H24N6O3. The number of hydrogen-bond donors (Lipinski definition) is 4. The van der Waals surface area contributed by atoms with E-state index in [2.05, 4.69) is 10.3 Å². The van der Waals surface area contributed by atoms with E-state index in [4.69, 9.17) is 16.9 Å². The number of likely N-dealkylation sites (tertiary alicyclic amines) is 1. The zero-order chi connectivity index (χ0) is 21.8. The predicted molar refractivity (Wildman–Crippen MR) is 113 cm³/mol. The van der Waals surface area contributed by atoms with Gasteiger partial charge in [-0.1, -0.05) is 19.1 Å². The lowest BCUT2D eigenvalue weighted by atomic mass is 9.87. The van der Waals surface area contributed by atoms with E-state index >= 15 is 0 Å². The van der Waals surface area contributed by atoms with Crippen molar-refractivity contribution >= 4 is 35.3 Å². The molecule has 3 amide bonds. The summed E-state index contributed by atoms with van der Waals surface area (Å²) >= 11 is 0.